The van der Waals surface area contributed by atoms with Crippen molar-refractivity contribution in [3.8, 4) is 0 Å². The summed E-state index contributed by atoms with van der Waals surface area (Å²) in [6, 6.07) is 14.7. The van der Waals surface area contributed by atoms with E-state index >= 15 is 0 Å². The number of carbonyl (C=O) groups excluding carboxylic acids is 3. The topological polar surface area (TPSA) is 145 Å². The molecule has 1 aliphatic carbocycles. The summed E-state index contributed by atoms with van der Waals surface area (Å²) in [4.78, 5) is 52.4. The number of hydrogen-bond acceptors (Lipinski definition) is 6. The molecule has 2 aromatic carbocycles. The van der Waals surface area contributed by atoms with Crippen LogP contribution in [0.15, 0.2) is 48.5 Å². The molecule has 238 valence electrons. The molecule has 1 unspecified atom stereocenters. The van der Waals surface area contributed by atoms with Gasteiger partial charge < -0.3 is 26.4 Å². The van der Waals surface area contributed by atoms with Crippen LogP contribution < -0.4 is 16.4 Å². The van der Waals surface area contributed by atoms with Crippen LogP contribution in [0, 0.1) is 5.92 Å². The lowest BCUT2D eigenvalue weighted by Crippen LogP contribution is -2.54. The fourth-order valence-corrected chi connectivity index (χ4v) is 6.42. The number of fused-ring (bicyclic) bond motifs is 1. The Morgan fingerprint density at radius 3 is 2.45 bits per heavy atom. The van der Waals surface area contributed by atoms with Gasteiger partial charge in [0.15, 0.2) is 0 Å². The van der Waals surface area contributed by atoms with Crippen LogP contribution in [0.4, 0.5) is 0 Å². The second-order valence-corrected chi connectivity index (χ2v) is 12.5. The summed E-state index contributed by atoms with van der Waals surface area (Å²) in [6.07, 6.45) is 5.32. The van der Waals surface area contributed by atoms with Crippen molar-refractivity contribution in [3.63, 3.8) is 0 Å². The molecule has 2 aromatic rings. The molecule has 44 heavy (non-hydrogen) atoms. The number of carbonyl (C=O) groups is 4. The SMILES string of the molecule is N[C@@H]1C[C@H]2C(=O)N([C@H](CCNC(=O)C3CC3)C(=O)NCc3ccc(Cl)c(Cl)c3)CCC(CCc3ccccc3)N2C1.O=CO. The van der Waals surface area contributed by atoms with E-state index in [1.54, 1.807) is 17.0 Å². The number of halogens is 2. The molecule has 4 atom stereocenters. The summed E-state index contributed by atoms with van der Waals surface area (Å²) in [5.74, 6) is -0.197. The Balaban J connectivity index is 0.00000141. The number of aryl methyl sites for hydroxylation is 1. The van der Waals surface area contributed by atoms with E-state index in [2.05, 4.69) is 27.7 Å². The number of nitrogens with two attached hydrogens (primary N) is 1. The average Bonchev–Trinajstić information content (AvgIpc) is 3.81. The van der Waals surface area contributed by atoms with Crippen LogP contribution in [0.25, 0.3) is 0 Å². The molecule has 0 aromatic heterocycles. The number of hydrogen-bond donors (Lipinski definition) is 4. The molecule has 12 heteroatoms. The van der Waals surface area contributed by atoms with E-state index in [4.69, 9.17) is 38.8 Å². The Morgan fingerprint density at radius 1 is 1.05 bits per heavy atom. The molecule has 3 amide bonds. The molecule has 3 aliphatic rings. The Labute approximate surface area is 268 Å². The fraction of sp³-hybridized carbons (Fsp3) is 0.500. The maximum atomic E-state index is 14.0. The summed E-state index contributed by atoms with van der Waals surface area (Å²) < 4.78 is 0. The monoisotopic (exact) mass is 645 g/mol. The van der Waals surface area contributed by atoms with Crippen LogP contribution in [0.2, 0.25) is 10.0 Å². The Morgan fingerprint density at radius 2 is 1.77 bits per heavy atom. The van der Waals surface area contributed by atoms with Crippen LogP contribution in [0.5, 0.6) is 0 Å². The highest BCUT2D eigenvalue weighted by Gasteiger charge is 2.45. The van der Waals surface area contributed by atoms with Crippen molar-refractivity contribution in [2.24, 2.45) is 11.7 Å². The number of benzene rings is 2. The lowest BCUT2D eigenvalue weighted by Gasteiger charge is -2.32. The molecule has 3 fully saturated rings. The summed E-state index contributed by atoms with van der Waals surface area (Å²) >= 11 is 12.2. The first kappa shape index (κ1) is 33.7. The van der Waals surface area contributed by atoms with Gasteiger partial charge in [-0.3, -0.25) is 24.1 Å². The zero-order chi connectivity index (χ0) is 31.6. The predicted octanol–water partition coefficient (Wildman–Crippen LogP) is 3.23. The first-order chi connectivity index (χ1) is 21.2. The summed E-state index contributed by atoms with van der Waals surface area (Å²) in [7, 11) is 0. The maximum absolute atomic E-state index is 14.0. The van der Waals surface area contributed by atoms with Crippen molar-refractivity contribution in [3.05, 3.63) is 69.7 Å². The van der Waals surface area contributed by atoms with Gasteiger partial charge >= 0.3 is 0 Å². The van der Waals surface area contributed by atoms with Crippen LogP contribution in [0.3, 0.4) is 0 Å². The van der Waals surface area contributed by atoms with E-state index in [9.17, 15) is 14.4 Å². The van der Waals surface area contributed by atoms with Crippen molar-refractivity contribution >= 4 is 47.4 Å². The van der Waals surface area contributed by atoms with Crippen molar-refractivity contribution in [1.29, 1.82) is 0 Å². The Hall–Kier alpha value is -3.18. The van der Waals surface area contributed by atoms with Gasteiger partial charge in [0.2, 0.25) is 17.7 Å². The highest BCUT2D eigenvalue weighted by Crippen LogP contribution is 2.31. The molecular weight excluding hydrogens is 605 g/mol. The number of rotatable bonds is 11. The molecule has 2 saturated heterocycles. The number of carboxylic acid groups (broad SMARTS) is 1. The van der Waals surface area contributed by atoms with E-state index in [-0.39, 0.29) is 54.8 Å². The maximum Gasteiger partial charge on any atom is 0.290 e. The van der Waals surface area contributed by atoms with Gasteiger partial charge in [-0.2, -0.15) is 0 Å². The highest BCUT2D eigenvalue weighted by molar-refractivity contribution is 6.42. The zero-order valence-corrected chi connectivity index (χ0v) is 26.2. The van der Waals surface area contributed by atoms with Crippen LogP contribution in [-0.4, -0.2) is 82.9 Å². The molecule has 2 aliphatic heterocycles. The quantitative estimate of drug-likeness (QED) is 0.275. The molecule has 1 saturated carbocycles. The van der Waals surface area contributed by atoms with E-state index in [0.29, 0.717) is 42.5 Å². The van der Waals surface area contributed by atoms with Crippen LogP contribution in [-0.2, 0) is 32.1 Å². The van der Waals surface area contributed by atoms with Crippen LogP contribution in [0.1, 0.15) is 49.7 Å². The zero-order valence-electron chi connectivity index (χ0n) is 24.7. The Bertz CT molecular complexity index is 1300. The third-order valence-corrected chi connectivity index (χ3v) is 9.25. The second-order valence-electron chi connectivity index (χ2n) is 11.6. The molecule has 10 nitrogen and oxygen atoms in total. The summed E-state index contributed by atoms with van der Waals surface area (Å²) in [5.41, 5.74) is 8.46. The summed E-state index contributed by atoms with van der Waals surface area (Å²) in [6.45, 7) is 1.48. The fourth-order valence-electron chi connectivity index (χ4n) is 6.10. The van der Waals surface area contributed by atoms with Gasteiger partial charge in [-0.1, -0.05) is 59.6 Å². The first-order valence-electron chi connectivity index (χ1n) is 15.1. The normalized spacial score (nSPS) is 22.2. The minimum absolute atomic E-state index is 0.0241. The van der Waals surface area contributed by atoms with Crippen LogP contribution >= 0.6 is 23.2 Å². The third kappa shape index (κ3) is 9.17. The first-order valence-corrected chi connectivity index (χ1v) is 15.9. The average molecular weight is 647 g/mol. The minimum atomic E-state index is -0.712. The standard InChI is InChI=1S/C31H39Cl2N5O3.CH2O2/c32-25-11-7-21(16-26(25)33)18-36-30(40)27(12-14-35-29(39)22-8-9-22)37-15-13-24(10-6-20-4-2-1-3-5-20)38-19-23(34)17-28(38)31(37)41;2-1-3/h1-5,7,11,16,22-24,27-28H,6,8-10,12-15,17-19,34H2,(H,35,39)(H,36,40);1H,(H,2,3)/t23-,24?,27-,28+;/m1./s1. The van der Waals surface area contributed by atoms with Crippen molar-refractivity contribution < 1.29 is 24.3 Å². The molecule has 5 rings (SSSR count). The number of nitrogens with zero attached hydrogens (tertiary/aromatic N) is 2. The largest absolute Gasteiger partial charge is 0.483 e. The van der Waals surface area contributed by atoms with E-state index < -0.39 is 6.04 Å². The highest BCUT2D eigenvalue weighted by atomic mass is 35.5. The van der Waals surface area contributed by atoms with Gasteiger partial charge in [-0.15, -0.1) is 0 Å². The molecule has 0 bridgehead atoms. The molecule has 2 heterocycles. The molecular formula is C32H41Cl2N5O5. The summed E-state index contributed by atoms with van der Waals surface area (Å²) in [5, 5.41) is 13.7. The lowest BCUT2D eigenvalue weighted by atomic mass is 10.0. The van der Waals surface area contributed by atoms with E-state index in [1.165, 1.54) is 5.56 Å². The molecule has 5 N–H and O–H groups in total. The van der Waals surface area contributed by atoms with Crippen molar-refractivity contribution in [1.82, 2.24) is 20.4 Å². The Kier molecular flexibility index (Phi) is 12.4. The smallest absolute Gasteiger partial charge is 0.290 e. The van der Waals surface area contributed by atoms with Crippen molar-refractivity contribution in [2.45, 2.75) is 75.7 Å². The van der Waals surface area contributed by atoms with Gasteiger partial charge in [0.1, 0.15) is 6.04 Å². The van der Waals surface area contributed by atoms with Gasteiger partial charge in [0, 0.05) is 44.2 Å². The molecule has 0 spiro atoms. The van der Waals surface area contributed by atoms with Gasteiger partial charge in [0.05, 0.1) is 16.1 Å². The van der Waals surface area contributed by atoms with Gasteiger partial charge in [-0.05, 0) is 68.2 Å². The lowest BCUT2D eigenvalue weighted by molar-refractivity contribution is -0.143. The minimum Gasteiger partial charge on any atom is -0.483 e. The van der Waals surface area contributed by atoms with E-state index in [1.807, 2.05) is 24.3 Å². The predicted molar refractivity (Wildman–Crippen MR) is 169 cm³/mol. The van der Waals surface area contributed by atoms with E-state index in [0.717, 1.165) is 37.7 Å². The number of amides is 3. The van der Waals surface area contributed by atoms with Crippen molar-refractivity contribution in [2.75, 3.05) is 19.6 Å². The van der Waals surface area contributed by atoms with Gasteiger partial charge in [-0.25, -0.2) is 0 Å². The number of nitrogens with one attached hydrogen (secondary N) is 2. The molecule has 0 radical (unpaired) electrons. The van der Waals surface area contributed by atoms with Gasteiger partial charge in [0.25, 0.3) is 6.47 Å². The third-order valence-electron chi connectivity index (χ3n) is 8.52. The second kappa shape index (κ2) is 16.2.